The van der Waals surface area contributed by atoms with Gasteiger partial charge in [0.05, 0.1) is 14.2 Å². The SMILES string of the molecule is CCN(CC)S(=O)(=O)c1cc(C(=O)NCc2ccc(OC(F)F)c(OC)c2)ccc1OC. The van der Waals surface area contributed by atoms with Gasteiger partial charge >= 0.3 is 6.61 Å². The summed E-state index contributed by atoms with van der Waals surface area (Å²) in [4.78, 5) is 12.6. The third kappa shape index (κ3) is 5.86. The van der Waals surface area contributed by atoms with E-state index in [1.165, 1.54) is 54.9 Å². The summed E-state index contributed by atoms with van der Waals surface area (Å²) in [7, 11) is -1.19. The van der Waals surface area contributed by atoms with Gasteiger partial charge in [0, 0.05) is 25.2 Å². The summed E-state index contributed by atoms with van der Waals surface area (Å²) in [5.41, 5.74) is 0.697. The summed E-state index contributed by atoms with van der Waals surface area (Å²) < 4.78 is 66.7. The van der Waals surface area contributed by atoms with Crippen molar-refractivity contribution >= 4 is 15.9 Å². The maximum atomic E-state index is 12.9. The fourth-order valence-electron chi connectivity index (χ4n) is 3.02. The average molecular weight is 473 g/mol. The predicted octanol–water partition coefficient (Wildman–Crippen LogP) is 3.27. The van der Waals surface area contributed by atoms with E-state index in [1.54, 1.807) is 13.8 Å². The molecule has 2 aromatic carbocycles. The Bertz CT molecular complexity index is 1040. The summed E-state index contributed by atoms with van der Waals surface area (Å²) in [6, 6.07) is 8.42. The third-order valence-corrected chi connectivity index (χ3v) is 6.72. The highest BCUT2D eigenvalue weighted by molar-refractivity contribution is 7.89. The first-order chi connectivity index (χ1) is 15.2. The Morgan fingerprint density at radius 3 is 2.19 bits per heavy atom. The molecule has 0 unspecified atom stereocenters. The van der Waals surface area contributed by atoms with Gasteiger partial charge in [-0.15, -0.1) is 0 Å². The molecule has 0 spiro atoms. The number of alkyl halides is 2. The number of benzene rings is 2. The van der Waals surface area contributed by atoms with E-state index in [0.717, 1.165) is 0 Å². The zero-order chi connectivity index (χ0) is 23.9. The van der Waals surface area contributed by atoms with Gasteiger partial charge < -0.3 is 19.5 Å². The molecule has 0 heterocycles. The average Bonchev–Trinajstić information content (AvgIpc) is 2.77. The van der Waals surface area contributed by atoms with Crippen molar-refractivity contribution in [2.45, 2.75) is 31.9 Å². The Morgan fingerprint density at radius 1 is 1.00 bits per heavy atom. The Hall–Kier alpha value is -2.92. The number of sulfonamides is 1. The maximum absolute atomic E-state index is 12.9. The first-order valence-corrected chi connectivity index (χ1v) is 11.2. The lowest BCUT2D eigenvalue weighted by atomic mass is 10.1. The van der Waals surface area contributed by atoms with Gasteiger partial charge in [-0.2, -0.15) is 13.1 Å². The summed E-state index contributed by atoms with van der Waals surface area (Å²) in [6.07, 6.45) is 0. The van der Waals surface area contributed by atoms with Crippen molar-refractivity contribution in [3.63, 3.8) is 0 Å². The molecular formula is C21H26F2N2O6S. The van der Waals surface area contributed by atoms with E-state index in [2.05, 4.69) is 10.1 Å². The molecule has 2 aromatic rings. The van der Waals surface area contributed by atoms with E-state index in [9.17, 15) is 22.0 Å². The minimum Gasteiger partial charge on any atom is -0.495 e. The number of halogens is 2. The molecule has 1 N–H and O–H groups in total. The molecule has 0 aromatic heterocycles. The van der Waals surface area contributed by atoms with E-state index in [-0.39, 0.29) is 47.3 Å². The van der Waals surface area contributed by atoms with Gasteiger partial charge in [-0.3, -0.25) is 4.79 Å². The number of hydrogen-bond acceptors (Lipinski definition) is 6. The number of carbonyl (C=O) groups excluding carboxylic acids is 1. The maximum Gasteiger partial charge on any atom is 0.387 e. The molecule has 0 atom stereocenters. The molecule has 0 aliphatic rings. The molecule has 11 heteroatoms. The minimum atomic E-state index is -3.85. The Morgan fingerprint density at radius 2 is 1.62 bits per heavy atom. The second-order valence-electron chi connectivity index (χ2n) is 6.50. The van der Waals surface area contributed by atoms with Crippen LogP contribution in [0.3, 0.4) is 0 Å². The van der Waals surface area contributed by atoms with E-state index in [1.807, 2.05) is 0 Å². The predicted molar refractivity (Wildman–Crippen MR) is 114 cm³/mol. The van der Waals surface area contributed by atoms with Crippen molar-refractivity contribution in [3.8, 4) is 17.2 Å². The number of ether oxygens (including phenoxy) is 3. The van der Waals surface area contributed by atoms with Crippen molar-refractivity contribution < 1.29 is 36.2 Å². The van der Waals surface area contributed by atoms with Gasteiger partial charge in [0.2, 0.25) is 10.0 Å². The number of amides is 1. The first-order valence-electron chi connectivity index (χ1n) is 9.76. The Balaban J connectivity index is 2.24. The number of nitrogens with one attached hydrogen (secondary N) is 1. The molecule has 0 radical (unpaired) electrons. The van der Waals surface area contributed by atoms with Crippen LogP contribution in [0.25, 0.3) is 0 Å². The van der Waals surface area contributed by atoms with Gasteiger partial charge in [-0.1, -0.05) is 19.9 Å². The number of nitrogens with zero attached hydrogens (tertiary/aromatic N) is 1. The van der Waals surface area contributed by atoms with Crippen LogP contribution in [-0.2, 0) is 16.6 Å². The lowest BCUT2D eigenvalue weighted by Crippen LogP contribution is -2.31. The summed E-state index contributed by atoms with van der Waals surface area (Å²) >= 11 is 0. The zero-order valence-electron chi connectivity index (χ0n) is 18.2. The summed E-state index contributed by atoms with van der Waals surface area (Å²) in [6.45, 7) is 1.03. The molecule has 0 aliphatic heterocycles. The van der Waals surface area contributed by atoms with E-state index >= 15 is 0 Å². The lowest BCUT2D eigenvalue weighted by molar-refractivity contribution is -0.0512. The summed E-state index contributed by atoms with van der Waals surface area (Å²) in [5.74, 6) is -0.420. The van der Waals surface area contributed by atoms with Crippen molar-refractivity contribution in [1.82, 2.24) is 9.62 Å². The standard InChI is InChI=1S/C21H26F2N2O6S/c1-5-25(6-2)32(27,28)19-12-15(8-10-17(19)29-3)20(26)24-13-14-7-9-16(31-21(22)23)18(11-14)30-4/h7-12,21H,5-6,13H2,1-4H3,(H,24,26). The number of carbonyl (C=O) groups is 1. The van der Waals surface area contributed by atoms with Crippen LogP contribution in [0.5, 0.6) is 17.2 Å². The highest BCUT2D eigenvalue weighted by Crippen LogP contribution is 2.30. The highest BCUT2D eigenvalue weighted by atomic mass is 32.2. The number of methoxy groups -OCH3 is 2. The zero-order valence-corrected chi connectivity index (χ0v) is 19.0. The van der Waals surface area contributed by atoms with Gasteiger partial charge in [0.1, 0.15) is 10.6 Å². The second kappa shape index (κ2) is 11.1. The van der Waals surface area contributed by atoms with Crippen molar-refractivity contribution in [3.05, 3.63) is 47.5 Å². The molecule has 0 saturated carbocycles. The highest BCUT2D eigenvalue weighted by Gasteiger charge is 2.26. The van der Waals surface area contributed by atoms with Crippen LogP contribution in [0, 0.1) is 0 Å². The van der Waals surface area contributed by atoms with Crippen molar-refractivity contribution in [2.75, 3.05) is 27.3 Å². The quantitative estimate of drug-likeness (QED) is 0.540. The van der Waals surface area contributed by atoms with Crippen molar-refractivity contribution in [1.29, 1.82) is 0 Å². The number of hydrogen-bond donors (Lipinski definition) is 1. The van der Waals surface area contributed by atoms with Crippen molar-refractivity contribution in [2.24, 2.45) is 0 Å². The monoisotopic (exact) mass is 472 g/mol. The normalized spacial score (nSPS) is 11.5. The van der Waals surface area contributed by atoms with Gasteiger partial charge in [0.15, 0.2) is 11.5 Å². The topological polar surface area (TPSA) is 94.2 Å². The molecule has 176 valence electrons. The molecule has 8 nitrogen and oxygen atoms in total. The van der Waals surface area contributed by atoms with Crippen LogP contribution < -0.4 is 19.5 Å². The van der Waals surface area contributed by atoms with Crippen LogP contribution >= 0.6 is 0 Å². The fourth-order valence-corrected chi connectivity index (χ4v) is 4.66. The van der Waals surface area contributed by atoms with Crippen LogP contribution in [-0.4, -0.2) is 52.6 Å². The third-order valence-electron chi connectivity index (χ3n) is 4.65. The van der Waals surface area contributed by atoms with Crippen LogP contribution in [0.2, 0.25) is 0 Å². The molecule has 1 amide bonds. The van der Waals surface area contributed by atoms with Gasteiger partial charge in [-0.05, 0) is 35.9 Å². The Labute approximate surface area is 186 Å². The van der Waals surface area contributed by atoms with Gasteiger partial charge in [0.25, 0.3) is 5.91 Å². The molecular weight excluding hydrogens is 446 g/mol. The van der Waals surface area contributed by atoms with E-state index in [0.29, 0.717) is 5.56 Å². The molecule has 32 heavy (non-hydrogen) atoms. The van der Waals surface area contributed by atoms with Crippen LogP contribution in [0.4, 0.5) is 8.78 Å². The van der Waals surface area contributed by atoms with E-state index < -0.39 is 22.5 Å². The van der Waals surface area contributed by atoms with Crippen LogP contribution in [0.15, 0.2) is 41.3 Å². The molecule has 0 saturated heterocycles. The molecule has 0 fully saturated rings. The first kappa shape index (κ1) is 25.3. The lowest BCUT2D eigenvalue weighted by Gasteiger charge is -2.20. The van der Waals surface area contributed by atoms with Gasteiger partial charge in [-0.25, -0.2) is 8.42 Å². The number of rotatable bonds is 11. The summed E-state index contributed by atoms with van der Waals surface area (Å²) in [5, 5.41) is 2.67. The minimum absolute atomic E-state index is 0.0499. The van der Waals surface area contributed by atoms with Crippen LogP contribution in [0.1, 0.15) is 29.8 Å². The Kier molecular flexibility index (Phi) is 8.79. The molecule has 2 rings (SSSR count). The second-order valence-corrected chi connectivity index (χ2v) is 8.41. The molecule has 0 aliphatic carbocycles. The molecule has 0 bridgehead atoms. The largest absolute Gasteiger partial charge is 0.495 e. The van der Waals surface area contributed by atoms with E-state index in [4.69, 9.17) is 9.47 Å². The fraction of sp³-hybridized carbons (Fsp3) is 0.381. The smallest absolute Gasteiger partial charge is 0.387 e.